The van der Waals surface area contributed by atoms with Gasteiger partial charge in [0.05, 0.1) is 12.0 Å². The van der Waals surface area contributed by atoms with Gasteiger partial charge in [-0.2, -0.15) is 0 Å². The molecule has 0 saturated carbocycles. The summed E-state index contributed by atoms with van der Waals surface area (Å²) < 4.78 is 5.57. The van der Waals surface area contributed by atoms with Crippen LogP contribution in [0.4, 0.5) is 0 Å². The Hall–Kier alpha value is -1.88. The van der Waals surface area contributed by atoms with Crippen molar-refractivity contribution in [3.8, 4) is 0 Å². The third-order valence-electron chi connectivity index (χ3n) is 3.67. The largest absolute Gasteiger partial charge is 0.481 e. The van der Waals surface area contributed by atoms with Gasteiger partial charge in [-0.3, -0.25) is 9.59 Å². The van der Waals surface area contributed by atoms with Crippen LogP contribution in [-0.4, -0.2) is 47.7 Å². The molecule has 0 bridgehead atoms. The maximum absolute atomic E-state index is 12.6. The first-order valence-electron chi connectivity index (χ1n) is 7.26. The molecule has 5 nitrogen and oxygen atoms in total. The average molecular weight is 291 g/mol. The van der Waals surface area contributed by atoms with Crippen LogP contribution in [0.25, 0.3) is 0 Å². The molecule has 1 N–H and O–H groups in total. The Morgan fingerprint density at radius 1 is 1.38 bits per heavy atom. The number of carbonyl (C=O) groups is 2. The van der Waals surface area contributed by atoms with E-state index in [1.165, 1.54) is 0 Å². The predicted octanol–water partition coefficient (Wildman–Crippen LogP) is 2.03. The first-order valence-corrected chi connectivity index (χ1v) is 7.26. The number of carboxylic acid groups (broad SMARTS) is 1. The lowest BCUT2D eigenvalue weighted by Crippen LogP contribution is -2.41. The lowest BCUT2D eigenvalue weighted by Gasteiger charge is -2.27. The summed E-state index contributed by atoms with van der Waals surface area (Å²) >= 11 is 0. The van der Waals surface area contributed by atoms with Crippen LogP contribution in [0.2, 0.25) is 0 Å². The molecular weight excluding hydrogens is 270 g/mol. The van der Waals surface area contributed by atoms with Gasteiger partial charge in [0.1, 0.15) is 0 Å². The van der Waals surface area contributed by atoms with E-state index in [2.05, 4.69) is 0 Å². The number of amides is 1. The third-order valence-corrected chi connectivity index (χ3v) is 3.67. The van der Waals surface area contributed by atoms with Crippen molar-refractivity contribution in [1.29, 1.82) is 0 Å². The zero-order valence-corrected chi connectivity index (χ0v) is 12.2. The minimum Gasteiger partial charge on any atom is -0.481 e. The number of ether oxygens (including phenoxy) is 1. The Kier molecular flexibility index (Phi) is 5.33. The van der Waals surface area contributed by atoms with Gasteiger partial charge in [0.25, 0.3) is 5.91 Å². The quantitative estimate of drug-likeness (QED) is 0.871. The Bertz CT molecular complexity index is 482. The van der Waals surface area contributed by atoms with Crippen LogP contribution in [-0.2, 0) is 9.53 Å². The third kappa shape index (κ3) is 4.29. The topological polar surface area (TPSA) is 66.8 Å². The minimum atomic E-state index is -0.895. The Morgan fingerprint density at radius 3 is 2.67 bits per heavy atom. The van der Waals surface area contributed by atoms with Crippen molar-refractivity contribution in [2.45, 2.75) is 25.9 Å². The molecule has 0 aromatic heterocycles. The van der Waals surface area contributed by atoms with E-state index in [-0.39, 0.29) is 18.6 Å². The zero-order valence-electron chi connectivity index (χ0n) is 12.2. The van der Waals surface area contributed by atoms with Crippen LogP contribution in [0.1, 0.15) is 30.1 Å². The van der Waals surface area contributed by atoms with Crippen LogP contribution < -0.4 is 0 Å². The van der Waals surface area contributed by atoms with E-state index in [0.29, 0.717) is 18.7 Å². The first kappa shape index (κ1) is 15.5. The minimum absolute atomic E-state index is 0.0126. The Morgan fingerprint density at radius 2 is 2.10 bits per heavy atom. The fourth-order valence-corrected chi connectivity index (χ4v) is 2.45. The van der Waals surface area contributed by atoms with Crippen molar-refractivity contribution in [2.75, 3.05) is 19.7 Å². The molecule has 1 aromatic carbocycles. The average Bonchev–Trinajstić information content (AvgIpc) is 2.99. The number of aliphatic carboxylic acids is 1. The molecule has 1 aromatic rings. The number of rotatable bonds is 6. The van der Waals surface area contributed by atoms with Gasteiger partial charge in [0.15, 0.2) is 0 Å². The van der Waals surface area contributed by atoms with Crippen molar-refractivity contribution < 1.29 is 19.4 Å². The molecule has 1 fully saturated rings. The standard InChI is InChI=1S/C16H21NO4/c1-12(16(19)20)10-17(11-14-8-5-9-21-14)15(18)13-6-3-2-4-7-13/h2-4,6-7,12,14H,5,8-11H2,1H3,(H,19,20). The zero-order chi connectivity index (χ0) is 15.2. The molecule has 0 aliphatic carbocycles. The van der Waals surface area contributed by atoms with Gasteiger partial charge in [0.2, 0.25) is 0 Å². The molecule has 2 atom stereocenters. The van der Waals surface area contributed by atoms with Crippen molar-refractivity contribution >= 4 is 11.9 Å². The van der Waals surface area contributed by atoms with E-state index in [1.54, 1.807) is 36.1 Å². The number of carboxylic acids is 1. The molecule has 1 saturated heterocycles. The Labute approximate surface area is 124 Å². The number of hydrogen-bond donors (Lipinski definition) is 1. The van der Waals surface area contributed by atoms with Crippen LogP contribution >= 0.6 is 0 Å². The van der Waals surface area contributed by atoms with Gasteiger partial charge in [-0.1, -0.05) is 25.1 Å². The van der Waals surface area contributed by atoms with Crippen molar-refractivity contribution in [2.24, 2.45) is 5.92 Å². The van der Waals surface area contributed by atoms with Gasteiger partial charge in [-0.15, -0.1) is 0 Å². The van der Waals surface area contributed by atoms with Crippen LogP contribution in [0.3, 0.4) is 0 Å². The number of nitrogens with zero attached hydrogens (tertiary/aromatic N) is 1. The maximum Gasteiger partial charge on any atom is 0.308 e. The number of carbonyl (C=O) groups excluding carboxylic acids is 1. The predicted molar refractivity (Wildman–Crippen MR) is 78.1 cm³/mol. The van der Waals surface area contributed by atoms with Gasteiger partial charge in [-0.25, -0.2) is 0 Å². The summed E-state index contributed by atoms with van der Waals surface area (Å²) in [7, 11) is 0. The molecule has 1 aliphatic rings. The van der Waals surface area contributed by atoms with Gasteiger partial charge >= 0.3 is 5.97 Å². The molecule has 1 amide bonds. The monoisotopic (exact) mass is 291 g/mol. The summed E-state index contributed by atoms with van der Waals surface area (Å²) in [5.41, 5.74) is 0.577. The fourth-order valence-electron chi connectivity index (χ4n) is 2.45. The van der Waals surface area contributed by atoms with E-state index < -0.39 is 11.9 Å². The highest BCUT2D eigenvalue weighted by Crippen LogP contribution is 2.16. The second-order valence-electron chi connectivity index (χ2n) is 5.45. The van der Waals surface area contributed by atoms with Gasteiger partial charge in [-0.05, 0) is 25.0 Å². The van der Waals surface area contributed by atoms with Crippen molar-refractivity contribution in [3.63, 3.8) is 0 Å². The number of hydrogen-bond acceptors (Lipinski definition) is 3. The summed E-state index contributed by atoms with van der Waals surface area (Å²) in [6, 6.07) is 8.95. The molecule has 1 heterocycles. The van der Waals surface area contributed by atoms with Crippen LogP contribution in [0.5, 0.6) is 0 Å². The maximum atomic E-state index is 12.6. The second-order valence-corrected chi connectivity index (χ2v) is 5.45. The van der Waals surface area contributed by atoms with E-state index in [9.17, 15) is 9.59 Å². The van der Waals surface area contributed by atoms with Gasteiger partial charge < -0.3 is 14.7 Å². The highest BCUT2D eigenvalue weighted by Gasteiger charge is 2.26. The SMILES string of the molecule is CC(CN(CC1CCCO1)C(=O)c1ccccc1)C(=O)O. The summed E-state index contributed by atoms with van der Waals surface area (Å²) in [5.74, 6) is -1.63. The molecule has 2 unspecified atom stereocenters. The second kappa shape index (κ2) is 7.22. The molecule has 1 aliphatic heterocycles. The molecule has 114 valence electrons. The summed E-state index contributed by atoms with van der Waals surface area (Å²) in [4.78, 5) is 25.2. The molecule has 5 heteroatoms. The first-order chi connectivity index (χ1) is 10.1. The highest BCUT2D eigenvalue weighted by molar-refractivity contribution is 5.94. The van der Waals surface area contributed by atoms with Gasteiger partial charge in [0, 0.05) is 25.3 Å². The van der Waals surface area contributed by atoms with Crippen molar-refractivity contribution in [3.05, 3.63) is 35.9 Å². The molecule has 0 spiro atoms. The normalized spacial score (nSPS) is 19.2. The van der Waals surface area contributed by atoms with E-state index in [4.69, 9.17) is 9.84 Å². The number of benzene rings is 1. The molecule has 0 radical (unpaired) electrons. The smallest absolute Gasteiger partial charge is 0.308 e. The van der Waals surface area contributed by atoms with Crippen LogP contribution in [0.15, 0.2) is 30.3 Å². The molecule has 21 heavy (non-hydrogen) atoms. The van der Waals surface area contributed by atoms with E-state index >= 15 is 0 Å². The van der Waals surface area contributed by atoms with Crippen molar-refractivity contribution in [1.82, 2.24) is 4.90 Å². The Balaban J connectivity index is 2.09. The summed E-state index contributed by atoms with van der Waals surface area (Å²) in [6.07, 6.45) is 1.92. The lowest BCUT2D eigenvalue weighted by molar-refractivity contribution is -0.141. The molecule has 2 rings (SSSR count). The lowest BCUT2D eigenvalue weighted by atomic mass is 10.1. The van der Waals surface area contributed by atoms with E-state index in [0.717, 1.165) is 12.8 Å². The molecular formula is C16H21NO4. The summed E-state index contributed by atoms with van der Waals surface area (Å²) in [5, 5.41) is 9.07. The fraction of sp³-hybridized carbons (Fsp3) is 0.500. The highest BCUT2D eigenvalue weighted by atomic mass is 16.5. The summed E-state index contributed by atoms with van der Waals surface area (Å²) in [6.45, 7) is 2.98. The van der Waals surface area contributed by atoms with E-state index in [1.807, 2.05) is 6.07 Å². The van der Waals surface area contributed by atoms with Crippen LogP contribution in [0, 0.1) is 5.92 Å².